The molecule has 0 rings (SSSR count). The standard InChI is InChI=1S/C85H166O17P2/c1-9-75(5)61-53-45-37-29-25-21-17-15-13-14-16-18-24-28-32-43-51-59-67-84(89)101-80(71-95-82(87)65-57-49-41-31-27-23-20-19-22-26-30-38-46-54-62-76(6)10-2)73-99-103(91,92)97-69-79(86)70-98-104(93,94)100-74-81(102-85(90)68-60-52-44-36-34-40-48-56-64-78(8)12-4)72-96-83(88)66-58-50-42-35-33-39-47-55-63-77(7)11-3/h75-81,86H,9-74H2,1-8H3,(H,91,92)(H,93,94)/t75?,76?,77?,78?,79-,80-,81-/m1/s1. The number of carbonyl (C=O) groups excluding carboxylic acids is 4. The van der Waals surface area contributed by atoms with Gasteiger partial charge in [-0.25, -0.2) is 9.13 Å². The lowest BCUT2D eigenvalue weighted by atomic mass is 9.99. The van der Waals surface area contributed by atoms with Gasteiger partial charge in [-0.15, -0.1) is 0 Å². The number of aliphatic hydroxyl groups is 1. The maximum Gasteiger partial charge on any atom is 0.472 e. The Labute approximate surface area is 638 Å². The first-order valence-corrected chi connectivity index (χ1v) is 46.8. The molecule has 0 aliphatic carbocycles. The summed E-state index contributed by atoms with van der Waals surface area (Å²) in [7, 11) is -9.93. The van der Waals surface area contributed by atoms with Crippen LogP contribution in [0, 0.1) is 23.7 Å². The second-order valence-corrected chi connectivity index (χ2v) is 34.4. The number of esters is 4. The lowest BCUT2D eigenvalue weighted by Crippen LogP contribution is -2.30. The molecule has 0 heterocycles. The van der Waals surface area contributed by atoms with Crippen molar-refractivity contribution in [3.8, 4) is 0 Å². The molecule has 0 aliphatic rings. The summed E-state index contributed by atoms with van der Waals surface area (Å²) >= 11 is 0. The predicted molar refractivity (Wildman–Crippen MR) is 428 cm³/mol. The van der Waals surface area contributed by atoms with Crippen LogP contribution in [0.25, 0.3) is 0 Å². The first-order chi connectivity index (χ1) is 50.2. The zero-order valence-electron chi connectivity index (χ0n) is 68.7. The second-order valence-electron chi connectivity index (χ2n) is 31.5. The molecule has 0 fully saturated rings. The highest BCUT2D eigenvalue weighted by molar-refractivity contribution is 7.47. The molecule has 0 amide bonds. The van der Waals surface area contributed by atoms with Crippen molar-refractivity contribution in [1.29, 1.82) is 0 Å². The zero-order chi connectivity index (χ0) is 76.7. The number of aliphatic hydroxyl groups excluding tert-OH is 1. The quantitative estimate of drug-likeness (QED) is 0.0222. The number of hydrogen-bond acceptors (Lipinski definition) is 15. The van der Waals surface area contributed by atoms with Gasteiger partial charge in [-0.05, 0) is 49.4 Å². The van der Waals surface area contributed by atoms with E-state index in [1.807, 2.05) is 0 Å². The van der Waals surface area contributed by atoms with Crippen molar-refractivity contribution in [3.05, 3.63) is 0 Å². The summed E-state index contributed by atoms with van der Waals surface area (Å²) < 4.78 is 68.8. The van der Waals surface area contributed by atoms with E-state index in [1.54, 1.807) is 0 Å². The van der Waals surface area contributed by atoms with Crippen molar-refractivity contribution < 1.29 is 80.2 Å². The van der Waals surface area contributed by atoms with Crippen LogP contribution in [0.4, 0.5) is 0 Å². The summed E-state index contributed by atoms with van der Waals surface area (Å²) in [5.41, 5.74) is 0. The Balaban J connectivity index is 5.24. The molecule has 618 valence electrons. The van der Waals surface area contributed by atoms with Gasteiger partial charge in [0.05, 0.1) is 26.4 Å². The van der Waals surface area contributed by atoms with Crippen LogP contribution in [-0.2, 0) is 65.4 Å². The zero-order valence-corrected chi connectivity index (χ0v) is 70.5. The monoisotopic (exact) mass is 1520 g/mol. The maximum absolute atomic E-state index is 13.1. The van der Waals surface area contributed by atoms with E-state index in [9.17, 15) is 43.2 Å². The van der Waals surface area contributed by atoms with E-state index in [2.05, 4.69) is 55.4 Å². The highest BCUT2D eigenvalue weighted by atomic mass is 31.2. The summed E-state index contributed by atoms with van der Waals surface area (Å²) in [6, 6.07) is 0. The van der Waals surface area contributed by atoms with Gasteiger partial charge in [-0.3, -0.25) is 37.3 Å². The normalized spacial score (nSPS) is 15.0. The topological polar surface area (TPSA) is 237 Å². The van der Waals surface area contributed by atoms with Crippen molar-refractivity contribution in [2.45, 2.75) is 459 Å². The molecule has 0 radical (unpaired) electrons. The molecule has 0 spiro atoms. The Hall–Kier alpha value is -1.94. The third-order valence-electron chi connectivity index (χ3n) is 21.3. The number of hydrogen-bond donors (Lipinski definition) is 3. The summed E-state index contributed by atoms with van der Waals surface area (Å²) in [6.45, 7) is 14.4. The SMILES string of the molecule is CCC(C)CCCCCCCCCCCCCCCCCCCCC(=O)O[C@H](COC(=O)CCCCCCCCCCCCCCCCC(C)CC)COP(=O)(O)OC[C@@H](O)COP(=O)(O)OC[C@@H](COC(=O)CCCCCCCCCCC(C)CC)OC(=O)CCCCCCCCCCC(C)CC. The Bertz CT molecular complexity index is 2030. The van der Waals surface area contributed by atoms with Gasteiger partial charge in [0.15, 0.2) is 12.2 Å². The Morgan fingerprint density at radius 3 is 0.635 bits per heavy atom. The van der Waals surface area contributed by atoms with Crippen LogP contribution in [0.1, 0.15) is 441 Å². The smallest absolute Gasteiger partial charge is 0.462 e. The van der Waals surface area contributed by atoms with Crippen LogP contribution < -0.4 is 0 Å². The van der Waals surface area contributed by atoms with Crippen LogP contribution in [0.2, 0.25) is 0 Å². The fraction of sp³-hybridized carbons (Fsp3) is 0.953. The van der Waals surface area contributed by atoms with Gasteiger partial charge >= 0.3 is 39.5 Å². The fourth-order valence-corrected chi connectivity index (χ4v) is 14.6. The van der Waals surface area contributed by atoms with E-state index in [0.717, 1.165) is 114 Å². The number of carbonyl (C=O) groups is 4. The molecule has 6 unspecified atom stereocenters. The molecule has 0 aromatic carbocycles. The number of unbranched alkanes of at least 4 members (excludes halogenated alkanes) is 44. The van der Waals surface area contributed by atoms with Crippen molar-refractivity contribution in [2.75, 3.05) is 39.6 Å². The third kappa shape index (κ3) is 72.9. The molecule has 17 nitrogen and oxygen atoms in total. The molecular formula is C85H166O17P2. The van der Waals surface area contributed by atoms with E-state index >= 15 is 0 Å². The Morgan fingerprint density at radius 1 is 0.260 bits per heavy atom. The highest BCUT2D eigenvalue weighted by Crippen LogP contribution is 2.45. The van der Waals surface area contributed by atoms with Gasteiger partial charge in [0.1, 0.15) is 19.3 Å². The van der Waals surface area contributed by atoms with E-state index in [4.69, 9.17) is 37.0 Å². The molecule has 9 atom stereocenters. The van der Waals surface area contributed by atoms with Gasteiger partial charge in [0, 0.05) is 25.7 Å². The van der Waals surface area contributed by atoms with E-state index in [0.29, 0.717) is 25.7 Å². The van der Waals surface area contributed by atoms with Crippen molar-refractivity contribution in [1.82, 2.24) is 0 Å². The Kier molecular flexibility index (Phi) is 72.5. The van der Waals surface area contributed by atoms with Gasteiger partial charge < -0.3 is 33.8 Å². The van der Waals surface area contributed by atoms with Gasteiger partial charge in [-0.2, -0.15) is 0 Å². The fourth-order valence-electron chi connectivity index (χ4n) is 13.0. The average Bonchev–Trinajstić information content (AvgIpc) is 0.903. The van der Waals surface area contributed by atoms with Gasteiger partial charge in [0.25, 0.3) is 0 Å². The molecular weight excluding hydrogens is 1350 g/mol. The highest BCUT2D eigenvalue weighted by Gasteiger charge is 2.31. The van der Waals surface area contributed by atoms with Crippen LogP contribution in [-0.4, -0.2) is 96.7 Å². The lowest BCUT2D eigenvalue weighted by Gasteiger charge is -2.21. The van der Waals surface area contributed by atoms with Crippen molar-refractivity contribution in [3.63, 3.8) is 0 Å². The molecule has 0 saturated heterocycles. The number of phosphoric acid groups is 2. The largest absolute Gasteiger partial charge is 0.472 e. The summed E-state index contributed by atoms with van der Waals surface area (Å²) in [6.07, 6.45) is 62.3. The maximum atomic E-state index is 13.1. The minimum absolute atomic E-state index is 0.104. The first-order valence-electron chi connectivity index (χ1n) is 43.9. The molecule has 0 aromatic heterocycles. The third-order valence-corrected chi connectivity index (χ3v) is 23.2. The number of rotatable bonds is 82. The molecule has 0 aliphatic heterocycles. The van der Waals surface area contributed by atoms with E-state index < -0.39 is 97.5 Å². The van der Waals surface area contributed by atoms with E-state index in [1.165, 1.54) is 244 Å². The minimum atomic E-state index is -4.97. The van der Waals surface area contributed by atoms with Crippen LogP contribution in [0.15, 0.2) is 0 Å². The van der Waals surface area contributed by atoms with Gasteiger partial charge in [-0.1, -0.05) is 389 Å². The van der Waals surface area contributed by atoms with Crippen LogP contribution >= 0.6 is 15.6 Å². The molecule has 19 heteroatoms. The van der Waals surface area contributed by atoms with Gasteiger partial charge in [0.2, 0.25) is 0 Å². The molecule has 0 saturated carbocycles. The molecule has 104 heavy (non-hydrogen) atoms. The number of phosphoric ester groups is 2. The lowest BCUT2D eigenvalue weighted by molar-refractivity contribution is -0.161. The molecule has 3 N–H and O–H groups in total. The average molecular weight is 1520 g/mol. The van der Waals surface area contributed by atoms with Crippen LogP contribution in [0.5, 0.6) is 0 Å². The molecule has 0 aromatic rings. The summed E-state index contributed by atoms with van der Waals surface area (Å²) in [5.74, 6) is 1.16. The molecule has 0 bridgehead atoms. The summed E-state index contributed by atoms with van der Waals surface area (Å²) in [5, 5.41) is 10.7. The second kappa shape index (κ2) is 73.8. The van der Waals surface area contributed by atoms with E-state index in [-0.39, 0.29) is 25.7 Å². The minimum Gasteiger partial charge on any atom is -0.462 e. The first kappa shape index (κ1) is 102. The van der Waals surface area contributed by atoms with Crippen molar-refractivity contribution in [2.24, 2.45) is 23.7 Å². The summed E-state index contributed by atoms with van der Waals surface area (Å²) in [4.78, 5) is 73.2. The van der Waals surface area contributed by atoms with Crippen LogP contribution in [0.3, 0.4) is 0 Å². The Morgan fingerprint density at radius 2 is 0.433 bits per heavy atom. The van der Waals surface area contributed by atoms with Crippen molar-refractivity contribution >= 4 is 39.5 Å². The number of ether oxygens (including phenoxy) is 4. The predicted octanol–water partition coefficient (Wildman–Crippen LogP) is 25.6.